The van der Waals surface area contributed by atoms with Crippen molar-refractivity contribution in [1.29, 1.82) is 0 Å². The minimum Gasteiger partial charge on any atom is -0.209 e. The number of rotatable bonds is 5. The Morgan fingerprint density at radius 2 is 2.09 bits per heavy atom. The van der Waals surface area contributed by atoms with E-state index < -0.39 is 10.0 Å². The lowest BCUT2D eigenvalue weighted by Crippen LogP contribution is -2.30. The lowest BCUT2D eigenvalue weighted by molar-refractivity contribution is 0.571. The number of hydrogen-bond donors (Lipinski definition) is 1. The second kappa shape index (κ2) is 4.31. The fourth-order valence-electron chi connectivity index (χ4n) is 0.627. The molecule has 0 fully saturated rings. The second-order valence-electron chi connectivity index (χ2n) is 2.25. The topological polar surface area (TPSA) is 46.2 Å². The summed E-state index contributed by atoms with van der Waals surface area (Å²) in [6.07, 6.45) is 2.28. The van der Waals surface area contributed by atoms with Gasteiger partial charge in [0.15, 0.2) is 0 Å². The van der Waals surface area contributed by atoms with Crippen molar-refractivity contribution in [2.24, 2.45) is 0 Å². The van der Waals surface area contributed by atoms with Crippen molar-refractivity contribution in [2.75, 3.05) is 0 Å². The highest BCUT2D eigenvalue weighted by Gasteiger charge is 2.07. The summed E-state index contributed by atoms with van der Waals surface area (Å²) in [6, 6.07) is -0.115. The van der Waals surface area contributed by atoms with Gasteiger partial charge >= 0.3 is 0 Å². The van der Waals surface area contributed by atoms with Crippen molar-refractivity contribution in [3.63, 3.8) is 0 Å². The molecule has 0 amide bonds. The first-order chi connectivity index (χ1) is 5.02. The molecule has 0 aliphatic rings. The molecule has 0 aromatic rings. The lowest BCUT2D eigenvalue weighted by Gasteiger charge is -2.08. The Kier molecular flexibility index (Phi) is 4.07. The highest BCUT2D eigenvalue weighted by atomic mass is 32.2. The van der Waals surface area contributed by atoms with E-state index in [1.807, 2.05) is 0 Å². The summed E-state index contributed by atoms with van der Waals surface area (Å²) in [4.78, 5) is 0. The van der Waals surface area contributed by atoms with E-state index >= 15 is 0 Å². The quantitative estimate of drug-likeness (QED) is 0.634. The van der Waals surface area contributed by atoms with Gasteiger partial charge in [0.25, 0.3) is 0 Å². The Hall–Kier alpha value is -0.610. The van der Waals surface area contributed by atoms with E-state index in [0.29, 0.717) is 6.42 Å². The first-order valence-corrected chi connectivity index (χ1v) is 4.82. The van der Waals surface area contributed by atoms with Crippen LogP contribution in [0.3, 0.4) is 0 Å². The van der Waals surface area contributed by atoms with Gasteiger partial charge in [-0.15, -0.1) is 6.58 Å². The predicted octanol–water partition coefficient (Wildman–Crippen LogP) is 1.01. The summed E-state index contributed by atoms with van der Waals surface area (Å²) in [5, 5.41) is 0.895. The first kappa shape index (κ1) is 10.4. The van der Waals surface area contributed by atoms with E-state index in [9.17, 15) is 8.42 Å². The molecule has 0 heterocycles. The molecule has 11 heavy (non-hydrogen) atoms. The van der Waals surface area contributed by atoms with Crippen molar-refractivity contribution in [2.45, 2.75) is 19.4 Å². The van der Waals surface area contributed by atoms with E-state index in [0.717, 1.165) is 5.41 Å². The van der Waals surface area contributed by atoms with Crippen molar-refractivity contribution in [3.8, 4) is 0 Å². The maximum Gasteiger partial charge on any atom is 0.233 e. The molecular weight excluding hydrogens is 162 g/mol. The summed E-state index contributed by atoms with van der Waals surface area (Å²) in [5.41, 5.74) is 0. The molecule has 0 aliphatic carbocycles. The summed E-state index contributed by atoms with van der Waals surface area (Å²) in [7, 11) is -3.27. The van der Waals surface area contributed by atoms with Gasteiger partial charge in [0.1, 0.15) is 0 Å². The van der Waals surface area contributed by atoms with Crippen LogP contribution in [0.1, 0.15) is 13.3 Å². The maximum atomic E-state index is 10.8. The molecule has 0 spiro atoms. The molecule has 0 saturated carbocycles. The van der Waals surface area contributed by atoms with Gasteiger partial charge in [-0.2, -0.15) is 0 Å². The van der Waals surface area contributed by atoms with E-state index in [4.69, 9.17) is 0 Å². The van der Waals surface area contributed by atoms with Crippen molar-refractivity contribution in [1.82, 2.24) is 4.72 Å². The monoisotopic (exact) mass is 175 g/mol. The van der Waals surface area contributed by atoms with Crippen LogP contribution in [-0.2, 0) is 10.0 Å². The smallest absolute Gasteiger partial charge is 0.209 e. The standard InChI is InChI=1S/C7H13NO2S/c1-4-6-7(3)8-11(9,10)5-2/h4-5,7-8H,1-2,6H2,3H3. The lowest BCUT2D eigenvalue weighted by atomic mass is 10.3. The molecule has 0 bridgehead atoms. The van der Waals surface area contributed by atoms with E-state index in [2.05, 4.69) is 17.9 Å². The van der Waals surface area contributed by atoms with Crippen molar-refractivity contribution in [3.05, 3.63) is 24.6 Å². The van der Waals surface area contributed by atoms with Crippen LogP contribution in [0.4, 0.5) is 0 Å². The van der Waals surface area contributed by atoms with Gasteiger partial charge in [-0.05, 0) is 13.3 Å². The predicted molar refractivity (Wildman–Crippen MR) is 46.5 cm³/mol. The highest BCUT2D eigenvalue weighted by molar-refractivity contribution is 7.92. The Morgan fingerprint density at radius 1 is 1.55 bits per heavy atom. The van der Waals surface area contributed by atoms with Crippen LogP contribution in [0.2, 0.25) is 0 Å². The zero-order valence-electron chi connectivity index (χ0n) is 6.58. The highest BCUT2D eigenvalue weighted by Crippen LogP contribution is 1.94. The zero-order valence-corrected chi connectivity index (χ0v) is 7.39. The average molecular weight is 175 g/mol. The average Bonchev–Trinajstić information content (AvgIpc) is 1.87. The van der Waals surface area contributed by atoms with Gasteiger partial charge in [-0.3, -0.25) is 0 Å². The minimum atomic E-state index is -3.27. The molecule has 0 radical (unpaired) electrons. The number of nitrogens with one attached hydrogen (secondary N) is 1. The third kappa shape index (κ3) is 4.75. The van der Waals surface area contributed by atoms with Gasteiger partial charge in [-0.1, -0.05) is 12.7 Å². The molecule has 0 aliphatic heterocycles. The van der Waals surface area contributed by atoms with Crippen molar-refractivity contribution < 1.29 is 8.42 Å². The van der Waals surface area contributed by atoms with E-state index in [-0.39, 0.29) is 6.04 Å². The fourth-order valence-corrected chi connectivity index (χ4v) is 1.38. The van der Waals surface area contributed by atoms with Crippen LogP contribution in [0.5, 0.6) is 0 Å². The van der Waals surface area contributed by atoms with Gasteiger partial charge in [0.2, 0.25) is 10.0 Å². The van der Waals surface area contributed by atoms with E-state index in [1.165, 1.54) is 0 Å². The first-order valence-electron chi connectivity index (χ1n) is 3.27. The molecule has 64 valence electrons. The minimum absolute atomic E-state index is 0.115. The van der Waals surface area contributed by atoms with Crippen LogP contribution in [0.15, 0.2) is 24.6 Å². The van der Waals surface area contributed by atoms with Gasteiger partial charge in [-0.25, -0.2) is 13.1 Å². The van der Waals surface area contributed by atoms with Crippen LogP contribution in [-0.4, -0.2) is 14.5 Å². The Balaban J connectivity index is 4.04. The van der Waals surface area contributed by atoms with Crippen molar-refractivity contribution >= 4 is 10.0 Å². The fraction of sp³-hybridized carbons (Fsp3) is 0.429. The van der Waals surface area contributed by atoms with Crippen LogP contribution < -0.4 is 4.72 Å². The third-order valence-corrected chi connectivity index (χ3v) is 2.27. The molecule has 3 nitrogen and oxygen atoms in total. The van der Waals surface area contributed by atoms with Gasteiger partial charge in [0, 0.05) is 11.4 Å². The molecule has 4 heteroatoms. The maximum absolute atomic E-state index is 10.8. The molecule has 0 rings (SSSR count). The van der Waals surface area contributed by atoms with Crippen LogP contribution >= 0.6 is 0 Å². The molecule has 1 unspecified atom stereocenters. The Morgan fingerprint density at radius 3 is 2.45 bits per heavy atom. The summed E-state index contributed by atoms with van der Waals surface area (Å²) < 4.78 is 24.0. The molecule has 0 aromatic carbocycles. The Bertz CT molecular complexity index is 231. The molecule has 0 saturated heterocycles. The molecular formula is C7H13NO2S. The van der Waals surface area contributed by atoms with E-state index in [1.54, 1.807) is 13.0 Å². The summed E-state index contributed by atoms with van der Waals surface area (Å²) >= 11 is 0. The molecule has 1 atom stereocenters. The SMILES string of the molecule is C=CCC(C)NS(=O)(=O)C=C. The van der Waals surface area contributed by atoms with Crippen LogP contribution in [0, 0.1) is 0 Å². The Labute approximate surface area is 67.9 Å². The second-order valence-corrected chi connectivity index (χ2v) is 3.91. The van der Waals surface area contributed by atoms with Gasteiger partial charge < -0.3 is 0 Å². The number of hydrogen-bond acceptors (Lipinski definition) is 2. The normalized spacial score (nSPS) is 13.9. The number of sulfonamides is 1. The molecule has 0 aromatic heterocycles. The third-order valence-electron chi connectivity index (χ3n) is 1.11. The van der Waals surface area contributed by atoms with Gasteiger partial charge in [0.05, 0.1) is 0 Å². The summed E-state index contributed by atoms with van der Waals surface area (Å²) in [6.45, 7) is 8.43. The van der Waals surface area contributed by atoms with Crippen LogP contribution in [0.25, 0.3) is 0 Å². The zero-order chi connectivity index (χ0) is 8.91. The summed E-state index contributed by atoms with van der Waals surface area (Å²) in [5.74, 6) is 0. The molecule has 1 N–H and O–H groups in total. The largest absolute Gasteiger partial charge is 0.233 e.